The number of hydrogen-bond acceptors (Lipinski definition) is 2. The Morgan fingerprint density at radius 1 is 1.14 bits per heavy atom. The van der Waals surface area contributed by atoms with Crippen molar-refractivity contribution in [2.75, 3.05) is 6.54 Å². The van der Waals surface area contributed by atoms with Crippen LogP contribution >= 0.6 is 0 Å². The Hall–Kier alpha value is -1.49. The number of amides is 1. The summed E-state index contributed by atoms with van der Waals surface area (Å²) in [7, 11) is 0. The summed E-state index contributed by atoms with van der Waals surface area (Å²) < 4.78 is 25.9. The highest BCUT2D eigenvalue weighted by molar-refractivity contribution is 5.76. The average Bonchev–Trinajstić information content (AvgIpc) is 2.72. The van der Waals surface area contributed by atoms with E-state index in [-0.39, 0.29) is 18.9 Å². The second-order valence-corrected chi connectivity index (χ2v) is 6.16. The summed E-state index contributed by atoms with van der Waals surface area (Å²) in [6.07, 6.45) is 6.22. The maximum Gasteiger partial charge on any atom is 0.220 e. The molecule has 2 rings (SSSR count). The monoisotopic (exact) mass is 311 g/mol. The van der Waals surface area contributed by atoms with Gasteiger partial charge < -0.3 is 10.4 Å². The zero-order chi connectivity index (χ0) is 16.0. The maximum absolute atomic E-state index is 13.1. The molecule has 1 aromatic rings. The lowest BCUT2D eigenvalue weighted by molar-refractivity contribution is -0.122. The van der Waals surface area contributed by atoms with Crippen LogP contribution in [0, 0.1) is 11.6 Å². The van der Waals surface area contributed by atoms with E-state index in [4.69, 9.17) is 0 Å². The molecule has 1 saturated carbocycles. The first kappa shape index (κ1) is 16.9. The number of hydrogen-bond donors (Lipinski definition) is 2. The van der Waals surface area contributed by atoms with E-state index in [9.17, 15) is 18.7 Å². The number of benzene rings is 1. The molecule has 1 aromatic carbocycles. The molecule has 1 aliphatic rings. The van der Waals surface area contributed by atoms with E-state index in [1.165, 1.54) is 6.07 Å². The Balaban J connectivity index is 1.76. The third-order valence-electron chi connectivity index (χ3n) is 4.27. The van der Waals surface area contributed by atoms with E-state index in [1.54, 1.807) is 0 Å². The average molecular weight is 311 g/mol. The minimum atomic E-state index is -0.898. The van der Waals surface area contributed by atoms with Gasteiger partial charge in [0, 0.05) is 13.0 Å². The third-order valence-corrected chi connectivity index (χ3v) is 4.27. The SMILES string of the molecule is O=C(CCc1ccc(F)c(F)c1)NCC1(O)CCCCCC1. The fraction of sp³-hybridized carbons (Fsp3) is 0.588. The van der Waals surface area contributed by atoms with Crippen molar-refractivity contribution >= 4 is 5.91 Å². The molecule has 1 fully saturated rings. The lowest BCUT2D eigenvalue weighted by Crippen LogP contribution is -2.42. The fourth-order valence-corrected chi connectivity index (χ4v) is 2.87. The number of halogens is 2. The van der Waals surface area contributed by atoms with Gasteiger partial charge in [-0.1, -0.05) is 31.7 Å². The van der Waals surface area contributed by atoms with Crippen molar-refractivity contribution < 1.29 is 18.7 Å². The molecule has 0 heterocycles. The van der Waals surface area contributed by atoms with Gasteiger partial charge in [-0.3, -0.25) is 4.79 Å². The van der Waals surface area contributed by atoms with Crippen LogP contribution in [0.25, 0.3) is 0 Å². The van der Waals surface area contributed by atoms with Crippen molar-refractivity contribution in [2.24, 2.45) is 0 Å². The van der Waals surface area contributed by atoms with Crippen LogP contribution in [0.15, 0.2) is 18.2 Å². The van der Waals surface area contributed by atoms with Crippen LogP contribution in [0.3, 0.4) is 0 Å². The summed E-state index contributed by atoms with van der Waals surface area (Å²) in [6, 6.07) is 3.66. The van der Waals surface area contributed by atoms with E-state index >= 15 is 0 Å². The molecular formula is C17H23F2NO2. The second-order valence-electron chi connectivity index (χ2n) is 6.16. The quantitative estimate of drug-likeness (QED) is 0.821. The molecule has 1 aliphatic carbocycles. The summed E-state index contributed by atoms with van der Waals surface area (Å²) in [4.78, 5) is 11.8. The third kappa shape index (κ3) is 5.05. The van der Waals surface area contributed by atoms with Crippen molar-refractivity contribution in [3.05, 3.63) is 35.4 Å². The van der Waals surface area contributed by atoms with Gasteiger partial charge in [0.1, 0.15) is 0 Å². The molecule has 0 aliphatic heterocycles. The number of aliphatic hydroxyl groups is 1. The lowest BCUT2D eigenvalue weighted by Gasteiger charge is -2.26. The van der Waals surface area contributed by atoms with Crippen LogP contribution in [0.5, 0.6) is 0 Å². The molecule has 2 N–H and O–H groups in total. The fourth-order valence-electron chi connectivity index (χ4n) is 2.87. The molecule has 22 heavy (non-hydrogen) atoms. The van der Waals surface area contributed by atoms with E-state index < -0.39 is 17.2 Å². The van der Waals surface area contributed by atoms with Gasteiger partial charge in [-0.2, -0.15) is 0 Å². The summed E-state index contributed by atoms with van der Waals surface area (Å²) in [5.41, 5.74) is -0.212. The van der Waals surface area contributed by atoms with E-state index in [1.807, 2.05) is 0 Å². The van der Waals surface area contributed by atoms with Gasteiger partial charge in [0.05, 0.1) is 5.60 Å². The first-order valence-electron chi connectivity index (χ1n) is 7.92. The Morgan fingerprint density at radius 2 is 1.82 bits per heavy atom. The second kappa shape index (κ2) is 7.68. The first-order valence-corrected chi connectivity index (χ1v) is 7.92. The van der Waals surface area contributed by atoms with Gasteiger partial charge in [-0.05, 0) is 37.0 Å². The van der Waals surface area contributed by atoms with Crippen molar-refractivity contribution in [1.29, 1.82) is 0 Å². The van der Waals surface area contributed by atoms with Crippen molar-refractivity contribution in [3.8, 4) is 0 Å². The molecule has 0 aromatic heterocycles. The van der Waals surface area contributed by atoms with Crippen LogP contribution in [0.1, 0.15) is 50.5 Å². The molecular weight excluding hydrogens is 288 g/mol. The molecule has 0 atom stereocenters. The molecule has 122 valence electrons. The van der Waals surface area contributed by atoms with Crippen LogP contribution in [-0.2, 0) is 11.2 Å². The van der Waals surface area contributed by atoms with Gasteiger partial charge in [0.15, 0.2) is 11.6 Å². The van der Waals surface area contributed by atoms with E-state index in [2.05, 4.69) is 5.32 Å². The summed E-state index contributed by atoms with van der Waals surface area (Å²) in [6.45, 7) is 0.267. The summed E-state index contributed by atoms with van der Waals surface area (Å²) in [5.74, 6) is -1.96. The molecule has 0 bridgehead atoms. The standard InChI is InChI=1S/C17H23F2NO2/c18-14-7-5-13(11-15(14)19)6-8-16(21)20-12-17(22)9-3-1-2-4-10-17/h5,7,11,22H,1-4,6,8-10,12H2,(H,20,21). The normalized spacial score (nSPS) is 17.8. The number of aryl methyl sites for hydroxylation is 1. The number of nitrogens with one attached hydrogen (secondary N) is 1. The van der Waals surface area contributed by atoms with Gasteiger partial charge >= 0.3 is 0 Å². The largest absolute Gasteiger partial charge is 0.388 e. The van der Waals surface area contributed by atoms with Crippen molar-refractivity contribution in [3.63, 3.8) is 0 Å². The predicted octanol–water partition coefficient (Wildman–Crippen LogP) is 3.10. The van der Waals surface area contributed by atoms with E-state index in [0.717, 1.165) is 50.7 Å². The van der Waals surface area contributed by atoms with Crippen LogP contribution < -0.4 is 5.32 Å². The van der Waals surface area contributed by atoms with E-state index in [0.29, 0.717) is 12.0 Å². The molecule has 0 spiro atoms. The van der Waals surface area contributed by atoms with Gasteiger partial charge in [-0.25, -0.2) is 8.78 Å². The van der Waals surface area contributed by atoms with Crippen molar-refractivity contribution in [2.45, 2.75) is 57.0 Å². The number of carbonyl (C=O) groups excluding carboxylic acids is 1. The minimum Gasteiger partial charge on any atom is -0.388 e. The van der Waals surface area contributed by atoms with Crippen LogP contribution in [0.2, 0.25) is 0 Å². The zero-order valence-corrected chi connectivity index (χ0v) is 12.7. The van der Waals surface area contributed by atoms with Gasteiger partial charge in [-0.15, -0.1) is 0 Å². The Kier molecular flexibility index (Phi) is 5.89. The van der Waals surface area contributed by atoms with Crippen LogP contribution in [-0.4, -0.2) is 23.2 Å². The van der Waals surface area contributed by atoms with Gasteiger partial charge in [0.25, 0.3) is 0 Å². The molecule has 0 saturated heterocycles. The molecule has 0 radical (unpaired) electrons. The Morgan fingerprint density at radius 3 is 2.45 bits per heavy atom. The molecule has 1 amide bonds. The summed E-state index contributed by atoms with van der Waals surface area (Å²) in [5, 5.41) is 13.2. The highest BCUT2D eigenvalue weighted by Crippen LogP contribution is 2.26. The first-order chi connectivity index (χ1) is 10.5. The topological polar surface area (TPSA) is 49.3 Å². The molecule has 3 nitrogen and oxygen atoms in total. The van der Waals surface area contributed by atoms with Crippen molar-refractivity contribution in [1.82, 2.24) is 5.32 Å². The highest BCUT2D eigenvalue weighted by Gasteiger charge is 2.28. The highest BCUT2D eigenvalue weighted by atomic mass is 19.2. The van der Waals surface area contributed by atoms with Crippen LogP contribution in [0.4, 0.5) is 8.78 Å². The molecule has 5 heteroatoms. The maximum atomic E-state index is 13.1. The number of rotatable bonds is 5. The Labute approximate surface area is 129 Å². The lowest BCUT2D eigenvalue weighted by atomic mass is 9.94. The molecule has 0 unspecified atom stereocenters. The smallest absolute Gasteiger partial charge is 0.220 e. The zero-order valence-electron chi connectivity index (χ0n) is 12.7. The number of carbonyl (C=O) groups is 1. The van der Waals surface area contributed by atoms with Gasteiger partial charge in [0.2, 0.25) is 5.91 Å². The predicted molar refractivity (Wildman–Crippen MR) is 80.3 cm³/mol. The minimum absolute atomic E-state index is 0.178. The Bertz CT molecular complexity index is 511. The summed E-state index contributed by atoms with van der Waals surface area (Å²) >= 11 is 0.